The van der Waals surface area contributed by atoms with Crippen molar-refractivity contribution in [1.82, 2.24) is 9.38 Å². The van der Waals surface area contributed by atoms with Crippen molar-refractivity contribution in [2.45, 2.75) is 18.4 Å². The average Bonchev–Trinajstić information content (AvgIpc) is 2.94. The summed E-state index contributed by atoms with van der Waals surface area (Å²) in [6, 6.07) is 9.62. The molecule has 0 amide bonds. The summed E-state index contributed by atoms with van der Waals surface area (Å²) in [6.07, 6.45) is 4.82. The van der Waals surface area contributed by atoms with Gasteiger partial charge in [-0.15, -0.1) is 0 Å². The topological polar surface area (TPSA) is 77.7 Å². The zero-order valence-electron chi connectivity index (χ0n) is 13.3. The lowest BCUT2D eigenvalue weighted by Crippen LogP contribution is -2.07. The van der Waals surface area contributed by atoms with Crippen LogP contribution in [-0.4, -0.2) is 30.0 Å². The van der Waals surface area contributed by atoms with Crippen LogP contribution < -0.4 is 0 Å². The van der Waals surface area contributed by atoms with Crippen molar-refractivity contribution in [3.8, 4) is 0 Å². The minimum Gasteiger partial charge on any atom is -0.456 e. The Bertz CT molecular complexity index is 1020. The molecule has 0 N–H and O–H groups in total. The minimum atomic E-state index is -3.37. The van der Waals surface area contributed by atoms with Crippen molar-refractivity contribution in [2.24, 2.45) is 0 Å². The quantitative estimate of drug-likeness (QED) is 0.679. The summed E-state index contributed by atoms with van der Waals surface area (Å²) in [6.45, 7) is 2.00. The van der Waals surface area contributed by atoms with Gasteiger partial charge in [0.05, 0.1) is 16.2 Å². The zero-order chi connectivity index (χ0) is 17.3. The molecule has 0 atom stereocenters. The molecule has 124 valence electrons. The van der Waals surface area contributed by atoms with E-state index in [0.29, 0.717) is 5.69 Å². The fourth-order valence-electron chi connectivity index (χ4n) is 2.30. The Morgan fingerprint density at radius 2 is 2.00 bits per heavy atom. The molecular formula is C17H16N2O4S. The lowest BCUT2D eigenvalue weighted by molar-refractivity contribution is 0.0468. The van der Waals surface area contributed by atoms with Gasteiger partial charge in [-0.25, -0.2) is 18.2 Å². The summed E-state index contributed by atoms with van der Waals surface area (Å²) in [4.78, 5) is 16.6. The number of esters is 1. The number of pyridine rings is 1. The molecule has 0 spiro atoms. The van der Waals surface area contributed by atoms with Crippen molar-refractivity contribution in [3.63, 3.8) is 0 Å². The molecule has 0 saturated carbocycles. The third-order valence-corrected chi connectivity index (χ3v) is 4.61. The molecule has 0 unspecified atom stereocenters. The summed E-state index contributed by atoms with van der Waals surface area (Å²) >= 11 is 0. The van der Waals surface area contributed by atoms with Gasteiger partial charge in [0.25, 0.3) is 0 Å². The average molecular weight is 344 g/mol. The largest absolute Gasteiger partial charge is 0.456 e. The molecule has 0 fully saturated rings. The number of aromatic nitrogens is 2. The zero-order valence-corrected chi connectivity index (χ0v) is 14.1. The number of ether oxygens (including phenoxy) is 1. The van der Waals surface area contributed by atoms with Gasteiger partial charge in [-0.3, -0.25) is 0 Å². The van der Waals surface area contributed by atoms with Gasteiger partial charge in [-0.1, -0.05) is 12.1 Å². The number of sulfone groups is 1. The van der Waals surface area contributed by atoms with E-state index >= 15 is 0 Å². The summed E-state index contributed by atoms with van der Waals surface area (Å²) in [5.41, 5.74) is 2.68. The van der Waals surface area contributed by atoms with E-state index in [1.807, 2.05) is 29.7 Å². The highest BCUT2D eigenvalue weighted by molar-refractivity contribution is 7.90. The molecule has 3 aromatic rings. The van der Waals surface area contributed by atoms with Crippen LogP contribution in [0.5, 0.6) is 0 Å². The number of fused-ring (bicyclic) bond motifs is 1. The van der Waals surface area contributed by atoms with Crippen LogP contribution in [0, 0.1) is 6.92 Å². The van der Waals surface area contributed by atoms with Gasteiger partial charge in [-0.2, -0.15) is 0 Å². The second-order valence-electron chi connectivity index (χ2n) is 5.58. The number of hydrogen-bond donors (Lipinski definition) is 0. The van der Waals surface area contributed by atoms with E-state index < -0.39 is 15.8 Å². The first-order valence-corrected chi connectivity index (χ1v) is 9.13. The molecule has 0 radical (unpaired) electrons. The standard InChI is InChI=1S/C17H16N2O4S/c1-12-6-7-16-18-14(10-19(16)9-12)11-23-17(20)13-4-3-5-15(8-13)24(2,21)22/h3-10H,11H2,1-2H3. The molecule has 2 aromatic heterocycles. The van der Waals surface area contributed by atoms with E-state index in [-0.39, 0.29) is 17.1 Å². The molecule has 0 aliphatic heterocycles. The van der Waals surface area contributed by atoms with Crippen molar-refractivity contribution < 1.29 is 17.9 Å². The van der Waals surface area contributed by atoms with Gasteiger partial charge in [0.2, 0.25) is 0 Å². The number of aryl methyl sites for hydroxylation is 1. The highest BCUT2D eigenvalue weighted by Gasteiger charge is 2.13. The van der Waals surface area contributed by atoms with Crippen LogP contribution in [0.4, 0.5) is 0 Å². The summed E-state index contributed by atoms with van der Waals surface area (Å²) in [5, 5.41) is 0. The Labute approximate surface area is 139 Å². The third kappa shape index (κ3) is 3.46. The normalized spacial score (nSPS) is 11.6. The molecule has 0 saturated heterocycles. The second-order valence-corrected chi connectivity index (χ2v) is 7.60. The first-order valence-electron chi connectivity index (χ1n) is 7.24. The van der Waals surface area contributed by atoms with E-state index in [1.54, 1.807) is 6.20 Å². The van der Waals surface area contributed by atoms with Crippen LogP contribution >= 0.6 is 0 Å². The number of carbonyl (C=O) groups is 1. The number of imidazole rings is 1. The molecule has 3 rings (SSSR count). The Hall–Kier alpha value is -2.67. The lowest BCUT2D eigenvalue weighted by atomic mass is 10.2. The van der Waals surface area contributed by atoms with Crippen LogP contribution in [0.15, 0.2) is 53.7 Å². The van der Waals surface area contributed by atoms with Crippen LogP contribution in [0.2, 0.25) is 0 Å². The SMILES string of the molecule is Cc1ccc2nc(COC(=O)c3cccc(S(C)(=O)=O)c3)cn2c1. The third-order valence-electron chi connectivity index (χ3n) is 3.50. The number of carbonyl (C=O) groups excluding carboxylic acids is 1. The maximum atomic E-state index is 12.1. The summed E-state index contributed by atoms with van der Waals surface area (Å²) < 4.78 is 30.2. The highest BCUT2D eigenvalue weighted by atomic mass is 32.2. The number of nitrogens with zero attached hydrogens (tertiary/aromatic N) is 2. The van der Waals surface area contributed by atoms with Crippen LogP contribution in [0.3, 0.4) is 0 Å². The van der Waals surface area contributed by atoms with Crippen LogP contribution in [0.1, 0.15) is 21.6 Å². The van der Waals surface area contributed by atoms with Gasteiger partial charge in [0.1, 0.15) is 12.3 Å². The minimum absolute atomic E-state index is 0.0165. The number of benzene rings is 1. The first kappa shape index (κ1) is 16.2. The lowest BCUT2D eigenvalue weighted by Gasteiger charge is -2.04. The van der Waals surface area contributed by atoms with Gasteiger partial charge in [0.15, 0.2) is 9.84 Å². The molecule has 0 bridgehead atoms. The summed E-state index contributed by atoms with van der Waals surface area (Å²) in [7, 11) is -3.37. The van der Waals surface area contributed by atoms with E-state index in [1.165, 1.54) is 24.3 Å². The monoisotopic (exact) mass is 344 g/mol. The Morgan fingerprint density at radius 3 is 2.75 bits per heavy atom. The molecule has 6 nitrogen and oxygen atoms in total. The Morgan fingerprint density at radius 1 is 1.21 bits per heavy atom. The van der Waals surface area contributed by atoms with E-state index in [0.717, 1.165) is 17.5 Å². The number of rotatable bonds is 4. The van der Waals surface area contributed by atoms with Crippen LogP contribution in [-0.2, 0) is 21.2 Å². The molecule has 0 aliphatic rings. The van der Waals surface area contributed by atoms with Crippen molar-refractivity contribution in [3.05, 3.63) is 65.6 Å². The van der Waals surface area contributed by atoms with E-state index in [9.17, 15) is 13.2 Å². The van der Waals surface area contributed by atoms with Crippen molar-refractivity contribution in [1.29, 1.82) is 0 Å². The van der Waals surface area contributed by atoms with Gasteiger partial charge in [0, 0.05) is 18.6 Å². The maximum absolute atomic E-state index is 12.1. The smallest absolute Gasteiger partial charge is 0.338 e. The molecule has 2 heterocycles. The van der Waals surface area contributed by atoms with E-state index in [4.69, 9.17) is 4.74 Å². The molecule has 0 aliphatic carbocycles. The molecule has 24 heavy (non-hydrogen) atoms. The maximum Gasteiger partial charge on any atom is 0.338 e. The van der Waals surface area contributed by atoms with Crippen LogP contribution in [0.25, 0.3) is 5.65 Å². The second kappa shape index (κ2) is 6.09. The van der Waals surface area contributed by atoms with Gasteiger partial charge in [-0.05, 0) is 36.8 Å². The Kier molecular flexibility index (Phi) is 4.11. The fraction of sp³-hybridized carbons (Fsp3) is 0.176. The number of hydrogen-bond acceptors (Lipinski definition) is 5. The predicted octanol–water partition coefficient (Wildman–Crippen LogP) is 2.40. The van der Waals surface area contributed by atoms with Gasteiger partial charge >= 0.3 is 5.97 Å². The molecule has 7 heteroatoms. The highest BCUT2D eigenvalue weighted by Crippen LogP contribution is 2.14. The molecular weight excluding hydrogens is 328 g/mol. The van der Waals surface area contributed by atoms with Crippen molar-refractivity contribution in [2.75, 3.05) is 6.26 Å². The fourth-order valence-corrected chi connectivity index (χ4v) is 2.97. The summed E-state index contributed by atoms with van der Waals surface area (Å²) in [5.74, 6) is -0.589. The van der Waals surface area contributed by atoms with E-state index in [2.05, 4.69) is 4.98 Å². The van der Waals surface area contributed by atoms with Gasteiger partial charge < -0.3 is 9.14 Å². The molecule has 1 aromatic carbocycles. The first-order chi connectivity index (χ1) is 11.3. The van der Waals surface area contributed by atoms with Crippen molar-refractivity contribution >= 4 is 21.5 Å². The Balaban J connectivity index is 1.75. The predicted molar refractivity (Wildman–Crippen MR) is 88.6 cm³/mol.